The number of rotatable bonds is 6. The van der Waals surface area contributed by atoms with Crippen LogP contribution in [0.25, 0.3) is 10.9 Å². The van der Waals surface area contributed by atoms with Gasteiger partial charge >= 0.3 is 0 Å². The molecule has 0 bridgehead atoms. The van der Waals surface area contributed by atoms with E-state index in [0.717, 1.165) is 23.3 Å². The average Bonchev–Trinajstić information content (AvgIpc) is 2.99. The van der Waals surface area contributed by atoms with Gasteiger partial charge < -0.3 is 5.32 Å². The van der Waals surface area contributed by atoms with Gasteiger partial charge in [0.1, 0.15) is 5.82 Å². The van der Waals surface area contributed by atoms with E-state index in [1.54, 1.807) is 24.1 Å². The normalized spacial score (nSPS) is 10.9. The number of fused-ring (bicyclic) bond motifs is 1. The topological polar surface area (TPSA) is 72.7 Å². The predicted octanol–water partition coefficient (Wildman–Crippen LogP) is 2.77. The van der Waals surface area contributed by atoms with E-state index in [-0.39, 0.29) is 11.5 Å². The van der Waals surface area contributed by atoms with Crippen LogP contribution in [-0.4, -0.2) is 37.8 Å². The summed E-state index contributed by atoms with van der Waals surface area (Å²) in [6.45, 7) is 2.80. The van der Waals surface area contributed by atoms with Crippen molar-refractivity contribution in [2.24, 2.45) is 7.05 Å². The number of para-hydroxylation sites is 1. The van der Waals surface area contributed by atoms with Gasteiger partial charge in [0, 0.05) is 25.2 Å². The molecular weight excluding hydrogens is 310 g/mol. The van der Waals surface area contributed by atoms with Crippen LogP contribution >= 0.6 is 11.8 Å². The number of hydrogen-bond donors (Lipinski definition) is 1. The number of aryl methyl sites for hydroxylation is 1. The molecule has 0 spiro atoms. The van der Waals surface area contributed by atoms with Crippen LogP contribution in [0, 0.1) is 0 Å². The number of carbonyl (C=O) groups is 1. The molecule has 0 amide bonds. The van der Waals surface area contributed by atoms with Gasteiger partial charge in [-0.2, -0.15) is 5.10 Å². The second-order valence-corrected chi connectivity index (χ2v) is 5.96. The summed E-state index contributed by atoms with van der Waals surface area (Å²) in [7, 11) is 1.79. The van der Waals surface area contributed by atoms with E-state index >= 15 is 0 Å². The fraction of sp³-hybridized carbons (Fsp3) is 0.250. The van der Waals surface area contributed by atoms with Crippen LogP contribution in [0.2, 0.25) is 0 Å². The van der Waals surface area contributed by atoms with Crippen molar-refractivity contribution >= 4 is 34.3 Å². The fourth-order valence-corrected chi connectivity index (χ4v) is 2.95. The molecule has 0 aliphatic heterocycles. The van der Waals surface area contributed by atoms with Crippen molar-refractivity contribution in [1.29, 1.82) is 0 Å². The summed E-state index contributed by atoms with van der Waals surface area (Å²) in [5.41, 5.74) is 1.47. The number of ketones is 1. The molecule has 2 heterocycles. The van der Waals surface area contributed by atoms with Gasteiger partial charge in [-0.3, -0.25) is 9.48 Å². The van der Waals surface area contributed by atoms with Crippen molar-refractivity contribution in [3.05, 3.63) is 42.2 Å². The van der Waals surface area contributed by atoms with Crippen LogP contribution in [0.15, 0.2) is 41.8 Å². The van der Waals surface area contributed by atoms with E-state index < -0.39 is 0 Å². The van der Waals surface area contributed by atoms with Gasteiger partial charge in [0.15, 0.2) is 10.9 Å². The molecule has 6 nitrogen and oxygen atoms in total. The number of thioether (sulfide) groups is 1. The lowest BCUT2D eigenvalue weighted by Crippen LogP contribution is -2.05. The summed E-state index contributed by atoms with van der Waals surface area (Å²) in [5, 5.41) is 8.85. The molecule has 3 rings (SSSR count). The summed E-state index contributed by atoms with van der Waals surface area (Å²) < 4.78 is 1.62. The summed E-state index contributed by atoms with van der Waals surface area (Å²) >= 11 is 1.34. The van der Waals surface area contributed by atoms with Crippen molar-refractivity contribution in [1.82, 2.24) is 19.7 Å². The lowest BCUT2D eigenvalue weighted by atomic mass is 10.2. The van der Waals surface area contributed by atoms with Crippen molar-refractivity contribution in [2.75, 3.05) is 17.6 Å². The molecule has 0 unspecified atom stereocenters. The molecule has 118 valence electrons. The monoisotopic (exact) mass is 327 g/mol. The molecule has 0 aliphatic rings. The van der Waals surface area contributed by atoms with Gasteiger partial charge in [0.2, 0.25) is 0 Å². The maximum Gasteiger partial charge on any atom is 0.190 e. The SMILES string of the molecule is CCNc1nc(SCC(=O)c2cnn(C)c2)nc2ccccc12. The van der Waals surface area contributed by atoms with Gasteiger partial charge in [-0.05, 0) is 19.1 Å². The van der Waals surface area contributed by atoms with Crippen LogP contribution in [0.3, 0.4) is 0 Å². The summed E-state index contributed by atoms with van der Waals surface area (Å²) in [4.78, 5) is 21.2. The lowest BCUT2D eigenvalue weighted by Gasteiger charge is -2.08. The third-order valence-electron chi connectivity index (χ3n) is 3.29. The van der Waals surface area contributed by atoms with Crippen molar-refractivity contribution in [2.45, 2.75) is 12.1 Å². The van der Waals surface area contributed by atoms with Crippen LogP contribution in [0.4, 0.5) is 5.82 Å². The highest BCUT2D eigenvalue weighted by Crippen LogP contribution is 2.24. The van der Waals surface area contributed by atoms with Crippen LogP contribution in [0.5, 0.6) is 0 Å². The van der Waals surface area contributed by atoms with E-state index in [1.165, 1.54) is 11.8 Å². The largest absolute Gasteiger partial charge is 0.370 e. The van der Waals surface area contributed by atoms with Crippen molar-refractivity contribution < 1.29 is 4.79 Å². The predicted molar refractivity (Wildman–Crippen MR) is 92.0 cm³/mol. The Bertz CT molecular complexity index is 845. The zero-order valence-corrected chi connectivity index (χ0v) is 13.8. The first-order chi connectivity index (χ1) is 11.2. The summed E-state index contributed by atoms with van der Waals surface area (Å²) in [6, 6.07) is 7.85. The maximum absolute atomic E-state index is 12.2. The highest BCUT2D eigenvalue weighted by molar-refractivity contribution is 7.99. The van der Waals surface area contributed by atoms with Gasteiger partial charge in [-0.1, -0.05) is 23.9 Å². The van der Waals surface area contributed by atoms with E-state index in [0.29, 0.717) is 10.7 Å². The Kier molecular flexibility index (Phi) is 4.57. The Hall–Kier alpha value is -2.41. The molecule has 0 radical (unpaired) electrons. The quantitative estimate of drug-likeness (QED) is 0.426. The van der Waals surface area contributed by atoms with Crippen LogP contribution in [-0.2, 0) is 7.05 Å². The first-order valence-corrected chi connectivity index (χ1v) is 8.31. The zero-order valence-electron chi connectivity index (χ0n) is 13.0. The molecule has 3 aromatic rings. The minimum absolute atomic E-state index is 0.0184. The Morgan fingerprint density at radius 1 is 1.30 bits per heavy atom. The molecule has 0 aliphatic carbocycles. The smallest absolute Gasteiger partial charge is 0.190 e. The third-order valence-corrected chi connectivity index (χ3v) is 4.13. The number of carbonyl (C=O) groups excluding carboxylic acids is 1. The number of nitrogens with one attached hydrogen (secondary N) is 1. The second-order valence-electron chi connectivity index (χ2n) is 5.02. The first-order valence-electron chi connectivity index (χ1n) is 7.32. The molecule has 2 aromatic heterocycles. The molecule has 1 aromatic carbocycles. The minimum atomic E-state index is 0.0184. The van der Waals surface area contributed by atoms with Crippen LogP contribution in [0.1, 0.15) is 17.3 Å². The molecular formula is C16H17N5OS. The van der Waals surface area contributed by atoms with Gasteiger partial charge in [0.05, 0.1) is 23.0 Å². The Morgan fingerprint density at radius 2 is 2.13 bits per heavy atom. The van der Waals surface area contributed by atoms with Gasteiger partial charge in [-0.15, -0.1) is 0 Å². The second kappa shape index (κ2) is 6.78. The minimum Gasteiger partial charge on any atom is -0.370 e. The Balaban J connectivity index is 1.81. The van der Waals surface area contributed by atoms with E-state index in [9.17, 15) is 4.79 Å². The van der Waals surface area contributed by atoms with E-state index in [4.69, 9.17) is 0 Å². The number of anilines is 1. The standard InChI is InChI=1S/C16H17N5OS/c1-3-17-15-12-6-4-5-7-13(12)19-16(20-15)23-10-14(22)11-8-18-21(2)9-11/h4-9H,3,10H2,1-2H3,(H,17,19,20). The number of hydrogen-bond acceptors (Lipinski definition) is 6. The van der Waals surface area contributed by atoms with Crippen molar-refractivity contribution in [3.63, 3.8) is 0 Å². The number of Topliss-reactive ketones (excluding diaryl/α,β-unsaturated/α-hetero) is 1. The molecule has 0 saturated heterocycles. The Labute approximate surface area is 138 Å². The number of aromatic nitrogens is 4. The molecule has 0 atom stereocenters. The molecule has 0 saturated carbocycles. The first kappa shape index (κ1) is 15.5. The van der Waals surface area contributed by atoms with Crippen molar-refractivity contribution in [3.8, 4) is 0 Å². The highest BCUT2D eigenvalue weighted by atomic mass is 32.2. The molecule has 7 heteroatoms. The fourth-order valence-electron chi connectivity index (χ4n) is 2.20. The third kappa shape index (κ3) is 3.50. The average molecular weight is 327 g/mol. The van der Waals surface area contributed by atoms with Gasteiger partial charge in [-0.25, -0.2) is 9.97 Å². The molecule has 0 fully saturated rings. The highest BCUT2D eigenvalue weighted by Gasteiger charge is 2.12. The maximum atomic E-state index is 12.2. The number of benzene rings is 1. The van der Waals surface area contributed by atoms with E-state index in [1.807, 2.05) is 31.2 Å². The summed E-state index contributed by atoms with van der Waals surface area (Å²) in [5.74, 6) is 1.11. The zero-order chi connectivity index (χ0) is 16.2. The molecule has 1 N–H and O–H groups in total. The van der Waals surface area contributed by atoms with Gasteiger partial charge in [0.25, 0.3) is 0 Å². The Morgan fingerprint density at radius 3 is 2.87 bits per heavy atom. The van der Waals surface area contributed by atoms with E-state index in [2.05, 4.69) is 20.4 Å². The molecule has 23 heavy (non-hydrogen) atoms. The summed E-state index contributed by atoms with van der Waals surface area (Å²) in [6.07, 6.45) is 3.29. The number of nitrogens with zero attached hydrogens (tertiary/aromatic N) is 4. The van der Waals surface area contributed by atoms with Crippen LogP contribution < -0.4 is 5.32 Å². The lowest BCUT2D eigenvalue weighted by molar-refractivity contribution is 0.102.